The molecule has 2 aliphatic heterocycles. The van der Waals surface area contributed by atoms with Crippen LogP contribution in [-0.4, -0.2) is 72.5 Å². The van der Waals surface area contributed by atoms with E-state index in [1.807, 2.05) is 60.7 Å². The van der Waals surface area contributed by atoms with Gasteiger partial charge in [0.25, 0.3) is 11.8 Å². The minimum atomic E-state index is -0.889. The van der Waals surface area contributed by atoms with Crippen LogP contribution in [-0.2, 0) is 23.9 Å². The summed E-state index contributed by atoms with van der Waals surface area (Å²) in [5.41, 5.74) is 3.18. The highest BCUT2D eigenvalue weighted by atomic mass is 32.2. The molecule has 6 rings (SSSR count). The van der Waals surface area contributed by atoms with Crippen molar-refractivity contribution in [3.8, 4) is 0 Å². The molecular formula is C34H32N6O6S4. The average molecular weight is 749 g/mol. The number of carbonyl (C=O) groups excluding carboxylic acids is 4. The molecule has 2 aliphatic rings. The standard InChI is InChI=1S/C34H32N6O6S4/c1-34(2,3)46-32(44)38-31-36-23(18-49-31)22(14-16-48-33-39-35-19-50-33)27(41)37-25-28(42)40-24(15-17-47-29(25)40)30(43)45-26(20-10-6-4-7-11-20)21-12-8-5-9-13-21/h4-15,18-19,25-26,29H,16-17H2,1-3H3,(H,37,41)(H,36,38,44)/b22-14-. The van der Waals surface area contributed by atoms with Crippen LogP contribution in [0, 0.1) is 0 Å². The minimum Gasteiger partial charge on any atom is -0.448 e. The maximum atomic E-state index is 13.8. The predicted molar refractivity (Wildman–Crippen MR) is 195 cm³/mol. The molecule has 0 saturated carbocycles. The first-order chi connectivity index (χ1) is 24.1. The number of hydrogen-bond donors (Lipinski definition) is 2. The van der Waals surface area contributed by atoms with E-state index in [4.69, 9.17) is 9.47 Å². The lowest BCUT2D eigenvalue weighted by Gasteiger charge is -2.48. The molecule has 50 heavy (non-hydrogen) atoms. The number of rotatable bonds is 11. The van der Waals surface area contributed by atoms with Gasteiger partial charge in [-0.15, -0.1) is 33.3 Å². The molecule has 0 radical (unpaired) electrons. The van der Waals surface area contributed by atoms with Gasteiger partial charge in [0.05, 0.1) is 11.3 Å². The van der Waals surface area contributed by atoms with Gasteiger partial charge in [0.2, 0.25) is 0 Å². The average Bonchev–Trinajstić information content (AvgIpc) is 3.80. The van der Waals surface area contributed by atoms with Gasteiger partial charge in [0.15, 0.2) is 15.6 Å². The van der Waals surface area contributed by atoms with E-state index < -0.39 is 47.0 Å². The van der Waals surface area contributed by atoms with E-state index in [-0.39, 0.29) is 16.4 Å². The molecule has 3 amide bonds. The fourth-order valence-electron chi connectivity index (χ4n) is 5.08. The fraction of sp³-hybridized carbons (Fsp3) is 0.265. The van der Waals surface area contributed by atoms with E-state index in [0.717, 1.165) is 26.8 Å². The number of anilines is 1. The summed E-state index contributed by atoms with van der Waals surface area (Å²) in [5.74, 6) is -0.770. The highest BCUT2D eigenvalue weighted by Crippen LogP contribution is 2.39. The number of nitrogens with zero attached hydrogens (tertiary/aromatic N) is 4. The lowest BCUT2D eigenvalue weighted by molar-refractivity contribution is -0.154. The molecule has 2 aromatic heterocycles. The van der Waals surface area contributed by atoms with Crippen LogP contribution in [0.25, 0.3) is 5.57 Å². The largest absolute Gasteiger partial charge is 0.448 e. The van der Waals surface area contributed by atoms with E-state index in [0.29, 0.717) is 17.2 Å². The molecule has 1 fully saturated rings. The first kappa shape index (κ1) is 35.3. The molecule has 4 heterocycles. The minimum absolute atomic E-state index is 0.141. The van der Waals surface area contributed by atoms with Crippen molar-refractivity contribution in [1.82, 2.24) is 25.4 Å². The second-order valence-electron chi connectivity index (χ2n) is 11.9. The van der Waals surface area contributed by atoms with Gasteiger partial charge in [-0.25, -0.2) is 14.6 Å². The van der Waals surface area contributed by atoms with Crippen LogP contribution in [0.2, 0.25) is 0 Å². The number of carbonyl (C=O) groups is 4. The lowest BCUT2D eigenvalue weighted by Crippen LogP contribution is -2.70. The smallest absolute Gasteiger partial charge is 0.413 e. The van der Waals surface area contributed by atoms with Gasteiger partial charge in [-0.1, -0.05) is 89.8 Å². The molecule has 258 valence electrons. The lowest BCUT2D eigenvalue weighted by atomic mass is 10.0. The zero-order valence-electron chi connectivity index (χ0n) is 27.1. The summed E-state index contributed by atoms with van der Waals surface area (Å²) in [6.07, 6.45) is 2.02. The second kappa shape index (κ2) is 15.6. The van der Waals surface area contributed by atoms with E-state index in [9.17, 15) is 19.2 Å². The van der Waals surface area contributed by atoms with Crippen molar-refractivity contribution in [2.24, 2.45) is 0 Å². The molecule has 2 unspecified atom stereocenters. The molecule has 0 bridgehead atoms. The number of nitrogens with one attached hydrogen (secondary N) is 2. The summed E-state index contributed by atoms with van der Waals surface area (Å²) in [4.78, 5) is 59.2. The summed E-state index contributed by atoms with van der Waals surface area (Å²) < 4.78 is 12.1. The quantitative estimate of drug-likeness (QED) is 0.0788. The molecule has 2 aromatic carbocycles. The fourth-order valence-corrected chi connectivity index (χ4v) is 8.35. The van der Waals surface area contributed by atoms with Crippen molar-refractivity contribution in [1.29, 1.82) is 0 Å². The Morgan fingerprint density at radius 3 is 2.40 bits per heavy atom. The number of β-lactam (4-membered cyclic amide) rings is 1. The molecule has 2 N–H and O–H groups in total. The number of thioether (sulfide) groups is 2. The molecular weight excluding hydrogens is 717 g/mol. The number of thiazole rings is 1. The number of amides is 3. The molecule has 4 aromatic rings. The van der Waals surface area contributed by atoms with Gasteiger partial charge >= 0.3 is 12.1 Å². The maximum Gasteiger partial charge on any atom is 0.413 e. The number of benzene rings is 2. The first-order valence-electron chi connectivity index (χ1n) is 15.4. The van der Waals surface area contributed by atoms with Gasteiger partial charge in [0.1, 0.15) is 28.2 Å². The topological polar surface area (TPSA) is 153 Å². The van der Waals surface area contributed by atoms with Gasteiger partial charge in [-0.3, -0.25) is 19.8 Å². The number of fused-ring (bicyclic) bond motifs is 1. The summed E-state index contributed by atoms with van der Waals surface area (Å²) in [6.45, 7) is 5.26. The van der Waals surface area contributed by atoms with Crippen molar-refractivity contribution in [2.75, 3.05) is 16.8 Å². The zero-order valence-corrected chi connectivity index (χ0v) is 30.4. The third kappa shape index (κ3) is 8.43. The van der Waals surface area contributed by atoms with E-state index >= 15 is 0 Å². The Balaban J connectivity index is 1.16. The van der Waals surface area contributed by atoms with Crippen molar-refractivity contribution in [3.63, 3.8) is 0 Å². The monoisotopic (exact) mass is 748 g/mol. The Morgan fingerprint density at radius 1 is 1.06 bits per heavy atom. The van der Waals surface area contributed by atoms with Crippen LogP contribution in [0.3, 0.4) is 0 Å². The Hall–Kier alpha value is -4.51. The molecule has 16 heteroatoms. The van der Waals surface area contributed by atoms with Crippen LogP contribution in [0.15, 0.2) is 93.7 Å². The first-order valence-corrected chi connectivity index (χ1v) is 19.2. The molecule has 1 saturated heterocycles. The third-order valence-corrected chi connectivity index (χ3v) is 11.0. The summed E-state index contributed by atoms with van der Waals surface area (Å²) in [6, 6.07) is 17.9. The maximum absolute atomic E-state index is 13.8. The van der Waals surface area contributed by atoms with E-state index in [1.54, 1.807) is 43.8 Å². The molecule has 0 spiro atoms. The Labute approximate surface area is 304 Å². The van der Waals surface area contributed by atoms with Crippen LogP contribution in [0.4, 0.5) is 9.93 Å². The van der Waals surface area contributed by atoms with Crippen molar-refractivity contribution >= 4 is 80.8 Å². The van der Waals surface area contributed by atoms with Gasteiger partial charge in [-0.05, 0) is 38.0 Å². The van der Waals surface area contributed by atoms with E-state index in [2.05, 4.69) is 25.8 Å². The van der Waals surface area contributed by atoms with Crippen LogP contribution in [0.5, 0.6) is 0 Å². The van der Waals surface area contributed by atoms with Crippen LogP contribution in [0.1, 0.15) is 43.7 Å². The zero-order chi connectivity index (χ0) is 35.3. The van der Waals surface area contributed by atoms with Gasteiger partial charge in [-0.2, -0.15) is 0 Å². The number of esters is 1. The SMILES string of the molecule is CC(C)(C)OC(=O)Nc1nc(/C(=C/CSc2nncs2)C(=O)NC2C(=O)N3C(C(=O)OC(c4ccccc4)c4ccccc4)=CCSC23)cs1. The van der Waals surface area contributed by atoms with Crippen molar-refractivity contribution in [3.05, 3.63) is 106 Å². The van der Waals surface area contributed by atoms with E-state index in [1.165, 1.54) is 39.8 Å². The summed E-state index contributed by atoms with van der Waals surface area (Å²) in [5, 5.41) is 14.7. The Kier molecular flexibility index (Phi) is 11.0. The summed E-state index contributed by atoms with van der Waals surface area (Å²) >= 11 is 5.33. The second-order valence-corrected chi connectivity index (χ2v) is 16.0. The van der Waals surface area contributed by atoms with Crippen LogP contribution >= 0.6 is 46.2 Å². The highest BCUT2D eigenvalue weighted by molar-refractivity contribution is 8.01. The van der Waals surface area contributed by atoms with Crippen LogP contribution < -0.4 is 10.6 Å². The van der Waals surface area contributed by atoms with Gasteiger partial charge < -0.3 is 14.8 Å². The Morgan fingerprint density at radius 2 is 1.76 bits per heavy atom. The van der Waals surface area contributed by atoms with Crippen molar-refractivity contribution < 1.29 is 28.7 Å². The van der Waals surface area contributed by atoms with Crippen molar-refractivity contribution in [2.45, 2.75) is 48.2 Å². The molecule has 0 aliphatic carbocycles. The normalized spacial score (nSPS) is 17.4. The Bertz CT molecular complexity index is 1870. The number of hydrogen-bond acceptors (Lipinski definition) is 13. The molecule has 2 atom stereocenters. The molecule has 12 nitrogen and oxygen atoms in total. The number of aromatic nitrogens is 3. The number of ether oxygens (including phenoxy) is 2. The highest BCUT2D eigenvalue weighted by Gasteiger charge is 2.53. The third-order valence-electron chi connectivity index (χ3n) is 7.24. The van der Waals surface area contributed by atoms with Gasteiger partial charge in [0, 0.05) is 16.9 Å². The summed E-state index contributed by atoms with van der Waals surface area (Å²) in [7, 11) is 0. The predicted octanol–water partition coefficient (Wildman–Crippen LogP) is 6.13.